The molecule has 0 N–H and O–H groups in total. The lowest BCUT2D eigenvalue weighted by atomic mass is 10.0. The van der Waals surface area contributed by atoms with Crippen molar-refractivity contribution < 1.29 is 71.2 Å². The molecule has 0 amide bonds. The Labute approximate surface area is 394 Å². The first-order valence-corrected chi connectivity index (χ1v) is 29.9. The molecule has 2 saturated heterocycles. The van der Waals surface area contributed by atoms with E-state index >= 15 is 0 Å². The topological polar surface area (TPSA) is 162 Å². The zero-order chi connectivity index (χ0) is 49.3. The average Bonchev–Trinajstić information content (AvgIpc) is 3.72. The maximum absolute atomic E-state index is 13.1. The van der Waals surface area contributed by atoms with E-state index in [1.807, 2.05) is 32.1 Å². The van der Waals surface area contributed by atoms with Crippen LogP contribution in [0.2, 0.25) is 51.4 Å². The minimum Gasteiger partial charge on any atom is -0.497 e. The van der Waals surface area contributed by atoms with Gasteiger partial charge in [0.2, 0.25) is 0 Å². The van der Waals surface area contributed by atoms with E-state index in [4.69, 9.17) is 56.8 Å². The van der Waals surface area contributed by atoms with E-state index in [-0.39, 0.29) is 31.4 Å². The number of rotatable bonds is 24. The molecule has 0 bridgehead atoms. The maximum Gasteiger partial charge on any atom is 0.342 e. The molecule has 2 heterocycles. The molecule has 0 unspecified atom stereocenters. The zero-order valence-corrected chi connectivity index (χ0v) is 44.0. The third-order valence-corrected chi connectivity index (χ3v) is 13.7. The number of esters is 2. The highest BCUT2D eigenvalue weighted by Crippen LogP contribution is 2.35. The van der Waals surface area contributed by atoms with Gasteiger partial charge in [-0.1, -0.05) is 70.5 Å². The first kappa shape index (κ1) is 56.2. The predicted molar refractivity (Wildman–Crippen MR) is 259 cm³/mol. The number of benzene rings is 2. The molecular formula is C49H76O15Si2. The summed E-state index contributed by atoms with van der Waals surface area (Å²) in [5, 5.41) is 0. The van der Waals surface area contributed by atoms with Gasteiger partial charge in [0.1, 0.15) is 40.2 Å². The minimum absolute atomic E-state index is 0.00597. The number of carbonyl (C=O) groups is 3. The molecule has 370 valence electrons. The lowest BCUT2D eigenvalue weighted by molar-refractivity contribution is -0.149. The van der Waals surface area contributed by atoms with Crippen LogP contribution in [0.3, 0.4) is 0 Å². The van der Waals surface area contributed by atoms with Crippen LogP contribution in [0.15, 0.2) is 36.4 Å². The number of hydrogen-bond acceptors (Lipinski definition) is 15. The highest BCUT2D eigenvalue weighted by atomic mass is 28.3. The van der Waals surface area contributed by atoms with Gasteiger partial charge in [-0.05, 0) is 82.3 Å². The van der Waals surface area contributed by atoms with E-state index in [9.17, 15) is 14.4 Å². The van der Waals surface area contributed by atoms with Crippen molar-refractivity contribution in [3.8, 4) is 23.0 Å². The van der Waals surface area contributed by atoms with Gasteiger partial charge >= 0.3 is 11.9 Å². The van der Waals surface area contributed by atoms with Crippen LogP contribution in [0, 0.1) is 0 Å². The summed E-state index contributed by atoms with van der Waals surface area (Å²) in [4.78, 5) is 37.5. The van der Waals surface area contributed by atoms with Crippen LogP contribution in [0.1, 0.15) is 85.7 Å². The molecule has 0 saturated carbocycles. The summed E-state index contributed by atoms with van der Waals surface area (Å²) in [5.41, 5.74) is 1.87. The monoisotopic (exact) mass is 960 g/mol. The molecule has 2 fully saturated rings. The largest absolute Gasteiger partial charge is 0.497 e. The fourth-order valence-electron chi connectivity index (χ4n) is 6.95. The molecule has 0 aliphatic carbocycles. The molecule has 66 heavy (non-hydrogen) atoms. The Morgan fingerprint density at radius 1 is 0.621 bits per heavy atom. The molecule has 0 spiro atoms. The number of aldehydes is 1. The van der Waals surface area contributed by atoms with Crippen molar-refractivity contribution in [2.75, 3.05) is 55.2 Å². The second kappa shape index (κ2) is 25.9. The lowest BCUT2D eigenvalue weighted by Crippen LogP contribution is -2.23. The van der Waals surface area contributed by atoms with Crippen molar-refractivity contribution in [2.24, 2.45) is 0 Å². The lowest BCUT2D eigenvalue weighted by Gasteiger charge is -2.18. The summed E-state index contributed by atoms with van der Waals surface area (Å²) in [6, 6.07) is 8.59. The molecule has 0 aromatic heterocycles. The summed E-state index contributed by atoms with van der Waals surface area (Å²) in [6.07, 6.45) is 9.07. The van der Waals surface area contributed by atoms with E-state index < -0.39 is 51.9 Å². The highest BCUT2D eigenvalue weighted by Gasteiger charge is 2.41. The Morgan fingerprint density at radius 3 is 1.42 bits per heavy atom. The van der Waals surface area contributed by atoms with Crippen molar-refractivity contribution in [3.63, 3.8) is 0 Å². The second-order valence-electron chi connectivity index (χ2n) is 19.3. The first-order valence-electron chi connectivity index (χ1n) is 22.5. The first-order chi connectivity index (χ1) is 31.0. The van der Waals surface area contributed by atoms with Crippen molar-refractivity contribution >= 4 is 46.5 Å². The van der Waals surface area contributed by atoms with Crippen LogP contribution in [-0.4, -0.2) is 126 Å². The normalized spacial score (nSPS) is 20.2. The third kappa shape index (κ3) is 18.5. The second-order valence-corrected chi connectivity index (χ2v) is 30.6. The van der Waals surface area contributed by atoms with Crippen LogP contribution in [0.4, 0.5) is 0 Å². The van der Waals surface area contributed by atoms with Crippen LogP contribution >= 0.6 is 0 Å². The van der Waals surface area contributed by atoms with Gasteiger partial charge in [0.25, 0.3) is 0 Å². The highest BCUT2D eigenvalue weighted by molar-refractivity contribution is 6.76. The summed E-state index contributed by atoms with van der Waals surface area (Å²) in [5.74, 6) is -0.556. The summed E-state index contributed by atoms with van der Waals surface area (Å²) >= 11 is 0. The third-order valence-electron chi connectivity index (χ3n) is 10.3. The fraction of sp³-hybridized carbons (Fsp3) is 0.612. The molecule has 15 nitrogen and oxygen atoms in total. The van der Waals surface area contributed by atoms with E-state index in [2.05, 4.69) is 46.2 Å². The van der Waals surface area contributed by atoms with Gasteiger partial charge in [0.05, 0.1) is 45.7 Å². The Kier molecular flexibility index (Phi) is 22.1. The zero-order valence-electron chi connectivity index (χ0n) is 42.0. The van der Waals surface area contributed by atoms with Crippen LogP contribution < -0.4 is 18.9 Å². The fourth-order valence-corrected chi connectivity index (χ4v) is 8.38. The molecule has 17 heteroatoms. The van der Waals surface area contributed by atoms with E-state index in [0.717, 1.165) is 24.8 Å². The summed E-state index contributed by atoms with van der Waals surface area (Å²) < 4.78 is 66.9. The molecule has 0 radical (unpaired) electrons. The van der Waals surface area contributed by atoms with E-state index in [1.54, 1.807) is 51.3 Å². The Balaban J connectivity index is 0.000000350. The van der Waals surface area contributed by atoms with Crippen molar-refractivity contribution in [3.05, 3.63) is 58.7 Å². The quantitative estimate of drug-likeness (QED) is 0.0423. The Bertz CT molecular complexity index is 1930. The van der Waals surface area contributed by atoms with Crippen LogP contribution in [-0.2, 0) is 42.7 Å². The molecule has 2 aliphatic rings. The minimum atomic E-state index is -1.36. The predicted octanol–water partition coefficient (Wildman–Crippen LogP) is 9.80. The van der Waals surface area contributed by atoms with E-state index in [1.165, 1.54) is 21.3 Å². The van der Waals surface area contributed by atoms with Crippen molar-refractivity contribution in [1.82, 2.24) is 0 Å². The molecule has 4 rings (SSSR count). The molecule has 2 aromatic rings. The van der Waals surface area contributed by atoms with Crippen molar-refractivity contribution in [2.45, 2.75) is 141 Å². The number of ether oxygens (including phenoxy) is 12. The molecule has 4 atom stereocenters. The Morgan fingerprint density at radius 2 is 1.03 bits per heavy atom. The van der Waals surface area contributed by atoms with Gasteiger partial charge in [-0.15, -0.1) is 0 Å². The smallest absolute Gasteiger partial charge is 0.342 e. The number of carbonyl (C=O) groups excluding carboxylic acids is 3. The number of methoxy groups -OCH3 is 4. The molecular weight excluding hydrogens is 885 g/mol. The van der Waals surface area contributed by atoms with Gasteiger partial charge in [-0.25, -0.2) is 9.59 Å². The average molecular weight is 961 g/mol. The summed E-state index contributed by atoms with van der Waals surface area (Å²) in [6.45, 7) is 23.6. The van der Waals surface area contributed by atoms with Gasteiger partial charge in [0, 0.05) is 42.5 Å². The Hall–Kier alpha value is -4.08. The van der Waals surface area contributed by atoms with Gasteiger partial charge in [-0.3, -0.25) is 0 Å². The number of hydrogen-bond donors (Lipinski definition) is 0. The molecule has 2 aliphatic heterocycles. The van der Waals surface area contributed by atoms with Gasteiger partial charge < -0.3 is 61.6 Å². The van der Waals surface area contributed by atoms with Gasteiger partial charge in [-0.2, -0.15) is 0 Å². The maximum atomic E-state index is 13.1. The standard InChI is InChI=1S/C25H40O7Si.C24H36O8Si/c1-9-20-21(32-25(2,3)31-20)12-10-11-18-15-19(28-5)16-22(30-17-27-4)23(18)24(26)29-13-14-33(6,7)8;1-24(2)31-19(21(15-25)32-24)10-8-9-17-13-18(28-4)14-20(30-16-27-3)22(17)23(26)29-11-12-33(5,6)7/h10-11,15-16,20-21H,9,12-14,17H2,1-8H3;8-9,13-15,19,21H,10-12,16H2,1-7H3/b11-10+;9-8+/t20-,21+;19-,21+/m10/s1. The summed E-state index contributed by atoms with van der Waals surface area (Å²) in [7, 11) is 3.45. The van der Waals surface area contributed by atoms with Crippen LogP contribution in [0.5, 0.6) is 23.0 Å². The molecule has 2 aromatic carbocycles. The van der Waals surface area contributed by atoms with E-state index in [0.29, 0.717) is 65.7 Å². The SMILES string of the molecule is CC[C@H]1OC(C)(C)O[C@H]1C/C=C/c1cc(OC)cc(OCOC)c1C(=O)OCC[Si](C)(C)C.COCOc1cc(OC)cc(/C=C/C[C@@H]2OC(C)(C)O[C@@H]2C=O)c1C(=O)OCC[Si](C)(C)C. The van der Waals surface area contributed by atoms with Gasteiger partial charge in [0.15, 0.2) is 31.4 Å². The van der Waals surface area contributed by atoms with Crippen molar-refractivity contribution in [1.29, 1.82) is 0 Å². The van der Waals surface area contributed by atoms with Crippen LogP contribution in [0.25, 0.3) is 12.2 Å².